The van der Waals surface area contributed by atoms with Crippen molar-refractivity contribution in [3.8, 4) is 0 Å². The molecule has 10 heavy (non-hydrogen) atoms. The molecule has 2 rings (SSSR count). The summed E-state index contributed by atoms with van der Waals surface area (Å²) < 4.78 is 0. The lowest BCUT2D eigenvalue weighted by Crippen LogP contribution is -2.36. The van der Waals surface area contributed by atoms with Crippen LogP contribution in [0.4, 0.5) is 0 Å². The second-order valence-electron chi connectivity index (χ2n) is 3.76. The Hall–Kier alpha value is -0.0800. The quantitative estimate of drug-likeness (QED) is 0.598. The second kappa shape index (κ2) is 2.21. The van der Waals surface area contributed by atoms with Gasteiger partial charge in [-0.05, 0) is 38.1 Å². The third-order valence-corrected chi connectivity index (χ3v) is 2.62. The van der Waals surface area contributed by atoms with Crippen LogP contribution in [0.2, 0.25) is 0 Å². The van der Waals surface area contributed by atoms with Gasteiger partial charge in [-0.2, -0.15) is 0 Å². The van der Waals surface area contributed by atoms with Crippen molar-refractivity contribution in [3.63, 3.8) is 0 Å². The van der Waals surface area contributed by atoms with Crippen LogP contribution in [0.3, 0.4) is 0 Å². The summed E-state index contributed by atoms with van der Waals surface area (Å²) in [5, 5.41) is 12.4. The first-order chi connectivity index (χ1) is 4.85. The Labute approximate surface area is 61.6 Å². The van der Waals surface area contributed by atoms with E-state index < -0.39 is 0 Å². The fourth-order valence-corrected chi connectivity index (χ4v) is 1.22. The lowest BCUT2D eigenvalue weighted by Gasteiger charge is -2.12. The highest BCUT2D eigenvalue weighted by Crippen LogP contribution is 2.36. The van der Waals surface area contributed by atoms with Crippen molar-refractivity contribution in [3.05, 3.63) is 0 Å². The van der Waals surface area contributed by atoms with E-state index in [0.29, 0.717) is 6.61 Å². The average Bonchev–Trinajstić information content (AvgIpc) is 2.83. The molecule has 0 unspecified atom stereocenters. The summed E-state index contributed by atoms with van der Waals surface area (Å²) in [6.45, 7) is 1.47. The fourth-order valence-electron chi connectivity index (χ4n) is 1.22. The number of hydrogen-bond acceptors (Lipinski definition) is 2. The maximum atomic E-state index is 8.93. The first-order valence-corrected chi connectivity index (χ1v) is 4.21. The number of rotatable bonds is 4. The van der Waals surface area contributed by atoms with Crippen molar-refractivity contribution in [2.45, 2.75) is 31.2 Å². The van der Waals surface area contributed by atoms with Crippen molar-refractivity contribution in [1.29, 1.82) is 0 Å². The van der Waals surface area contributed by atoms with E-state index in [-0.39, 0.29) is 5.54 Å². The predicted molar refractivity (Wildman–Crippen MR) is 39.8 cm³/mol. The normalized spacial score (nSPS) is 28.5. The zero-order valence-electron chi connectivity index (χ0n) is 6.27. The highest BCUT2D eigenvalue weighted by Gasteiger charge is 2.42. The van der Waals surface area contributed by atoms with Crippen LogP contribution in [0.5, 0.6) is 0 Å². The van der Waals surface area contributed by atoms with Crippen molar-refractivity contribution < 1.29 is 5.11 Å². The van der Waals surface area contributed by atoms with Crippen molar-refractivity contribution >= 4 is 0 Å². The number of aliphatic hydroxyl groups is 1. The highest BCUT2D eigenvalue weighted by molar-refractivity contribution is 5.02. The van der Waals surface area contributed by atoms with E-state index in [1.165, 1.54) is 25.7 Å². The maximum absolute atomic E-state index is 8.93. The van der Waals surface area contributed by atoms with E-state index in [2.05, 4.69) is 5.32 Å². The van der Waals surface area contributed by atoms with Crippen LogP contribution in [0.25, 0.3) is 0 Å². The van der Waals surface area contributed by atoms with Gasteiger partial charge in [-0.1, -0.05) is 0 Å². The van der Waals surface area contributed by atoms with E-state index in [1.807, 2.05) is 0 Å². The summed E-state index contributed by atoms with van der Waals surface area (Å²) in [6.07, 6.45) is 5.15. The Balaban J connectivity index is 1.68. The average molecular weight is 141 g/mol. The van der Waals surface area contributed by atoms with Gasteiger partial charge < -0.3 is 10.4 Å². The summed E-state index contributed by atoms with van der Waals surface area (Å²) in [5.41, 5.74) is 0.169. The molecule has 2 aliphatic carbocycles. The number of aliphatic hydroxyl groups excluding tert-OH is 1. The summed E-state index contributed by atoms with van der Waals surface area (Å²) in [7, 11) is 0. The van der Waals surface area contributed by atoms with Gasteiger partial charge in [0, 0.05) is 5.54 Å². The summed E-state index contributed by atoms with van der Waals surface area (Å²) in [5.74, 6) is 0.934. The molecule has 0 heterocycles. The Bertz CT molecular complexity index is 127. The van der Waals surface area contributed by atoms with Crippen LogP contribution >= 0.6 is 0 Å². The molecule has 58 valence electrons. The maximum Gasteiger partial charge on any atom is 0.0613 e. The zero-order valence-corrected chi connectivity index (χ0v) is 6.27. The Kier molecular flexibility index (Phi) is 1.46. The van der Waals surface area contributed by atoms with Crippen molar-refractivity contribution in [1.82, 2.24) is 5.32 Å². The molecule has 0 amide bonds. The van der Waals surface area contributed by atoms with Gasteiger partial charge in [0.05, 0.1) is 6.61 Å². The first kappa shape index (κ1) is 6.62. The number of hydrogen-bond donors (Lipinski definition) is 2. The molecule has 0 aromatic carbocycles. The van der Waals surface area contributed by atoms with Gasteiger partial charge >= 0.3 is 0 Å². The first-order valence-electron chi connectivity index (χ1n) is 4.21. The smallest absolute Gasteiger partial charge is 0.0613 e. The third kappa shape index (κ3) is 1.32. The molecule has 0 bridgehead atoms. The molecule has 0 aliphatic heterocycles. The molecule has 0 aromatic rings. The monoisotopic (exact) mass is 141 g/mol. The van der Waals surface area contributed by atoms with E-state index in [9.17, 15) is 0 Å². The van der Waals surface area contributed by atoms with E-state index >= 15 is 0 Å². The Morgan fingerprint density at radius 3 is 2.50 bits per heavy atom. The predicted octanol–water partition coefficient (Wildman–Crippen LogP) is 0.511. The minimum Gasteiger partial charge on any atom is -0.394 e. The molecule has 2 heteroatoms. The third-order valence-electron chi connectivity index (χ3n) is 2.62. The van der Waals surface area contributed by atoms with E-state index in [1.54, 1.807) is 0 Å². The molecular weight excluding hydrogens is 126 g/mol. The van der Waals surface area contributed by atoms with Gasteiger partial charge in [0.1, 0.15) is 0 Å². The van der Waals surface area contributed by atoms with Crippen LogP contribution in [0.1, 0.15) is 25.7 Å². The Morgan fingerprint density at radius 2 is 2.10 bits per heavy atom. The van der Waals surface area contributed by atoms with Crippen LogP contribution in [0.15, 0.2) is 0 Å². The van der Waals surface area contributed by atoms with Crippen LogP contribution < -0.4 is 5.32 Å². The van der Waals surface area contributed by atoms with Crippen molar-refractivity contribution in [2.75, 3.05) is 13.2 Å². The van der Waals surface area contributed by atoms with Gasteiger partial charge in [0.25, 0.3) is 0 Å². The lowest BCUT2D eigenvalue weighted by molar-refractivity contribution is 0.229. The molecule has 0 saturated heterocycles. The Morgan fingerprint density at radius 1 is 1.40 bits per heavy atom. The molecule has 0 radical (unpaired) electrons. The molecule has 0 spiro atoms. The van der Waals surface area contributed by atoms with Crippen LogP contribution in [-0.4, -0.2) is 23.8 Å². The van der Waals surface area contributed by atoms with Gasteiger partial charge in [-0.15, -0.1) is 0 Å². The molecule has 0 aromatic heterocycles. The summed E-state index contributed by atoms with van der Waals surface area (Å²) in [4.78, 5) is 0. The summed E-state index contributed by atoms with van der Waals surface area (Å²) in [6, 6.07) is 0. The minimum absolute atomic E-state index is 0.169. The van der Waals surface area contributed by atoms with Crippen molar-refractivity contribution in [2.24, 2.45) is 5.92 Å². The standard InChI is InChI=1S/C8H15NO/c10-6-8(3-4-8)9-5-7-1-2-7/h7,9-10H,1-6H2. The topological polar surface area (TPSA) is 32.3 Å². The summed E-state index contributed by atoms with van der Waals surface area (Å²) >= 11 is 0. The molecule has 2 fully saturated rings. The molecule has 0 atom stereocenters. The number of nitrogens with one attached hydrogen (secondary N) is 1. The van der Waals surface area contributed by atoms with E-state index in [4.69, 9.17) is 5.11 Å². The van der Waals surface area contributed by atoms with E-state index in [0.717, 1.165) is 12.5 Å². The lowest BCUT2D eigenvalue weighted by atomic mass is 10.3. The molecule has 2 saturated carbocycles. The van der Waals surface area contributed by atoms with Gasteiger partial charge in [0.15, 0.2) is 0 Å². The zero-order chi connectivity index (χ0) is 7.03. The SMILES string of the molecule is OCC1(NCC2CC2)CC1. The minimum atomic E-state index is 0.169. The fraction of sp³-hybridized carbons (Fsp3) is 1.00. The van der Waals surface area contributed by atoms with Gasteiger partial charge in [-0.3, -0.25) is 0 Å². The molecule has 2 nitrogen and oxygen atoms in total. The van der Waals surface area contributed by atoms with Gasteiger partial charge in [-0.25, -0.2) is 0 Å². The molecule has 2 aliphatic rings. The molecular formula is C8H15NO. The second-order valence-corrected chi connectivity index (χ2v) is 3.76. The largest absolute Gasteiger partial charge is 0.394 e. The molecule has 2 N–H and O–H groups in total. The van der Waals surface area contributed by atoms with Crippen LogP contribution in [0, 0.1) is 5.92 Å². The van der Waals surface area contributed by atoms with Gasteiger partial charge in [0.2, 0.25) is 0 Å². The highest BCUT2D eigenvalue weighted by atomic mass is 16.3. The van der Waals surface area contributed by atoms with Crippen LogP contribution in [-0.2, 0) is 0 Å².